The monoisotopic (exact) mass is 322 g/mol. The highest BCUT2D eigenvalue weighted by Gasteiger charge is 2.41. The first-order chi connectivity index (χ1) is 10.3. The predicted octanol–water partition coefficient (Wildman–Crippen LogP) is 2.87. The molecule has 0 fully saturated rings. The molecule has 4 nitrogen and oxygen atoms in total. The first kappa shape index (κ1) is 18.3. The Morgan fingerprint density at radius 3 is 2.68 bits per heavy atom. The van der Waals surface area contributed by atoms with E-state index in [4.69, 9.17) is 0 Å². The third-order valence-electron chi connectivity index (χ3n) is 2.88. The lowest BCUT2D eigenvalue weighted by Crippen LogP contribution is -2.36. The van der Waals surface area contributed by atoms with Crippen LogP contribution in [-0.4, -0.2) is 36.5 Å². The summed E-state index contributed by atoms with van der Waals surface area (Å²) in [5, 5.41) is 2.57. The molecule has 1 rings (SSSR count). The Bertz CT molecular complexity index is 497. The van der Waals surface area contributed by atoms with Gasteiger partial charge < -0.3 is 10.1 Å². The van der Waals surface area contributed by atoms with Crippen LogP contribution in [0.2, 0.25) is 0 Å². The number of halogens is 4. The summed E-state index contributed by atoms with van der Waals surface area (Å²) in [6.07, 6.45) is -1.69. The van der Waals surface area contributed by atoms with Gasteiger partial charge in [0.05, 0.1) is 11.7 Å². The Kier molecular flexibility index (Phi) is 6.73. The average molecular weight is 322 g/mol. The Morgan fingerprint density at radius 2 is 2.14 bits per heavy atom. The quantitative estimate of drug-likeness (QED) is 0.749. The fourth-order valence-electron chi connectivity index (χ4n) is 1.71. The molecule has 1 atom stereocenters. The molecule has 1 amide bonds. The van der Waals surface area contributed by atoms with E-state index in [1.54, 1.807) is 18.3 Å². The lowest BCUT2D eigenvalue weighted by molar-refractivity contribution is -0.168. The maximum Gasteiger partial charge on any atom is 0.330 e. The summed E-state index contributed by atoms with van der Waals surface area (Å²) in [7, 11) is 0. The molecular weight excluding hydrogens is 304 g/mol. The summed E-state index contributed by atoms with van der Waals surface area (Å²) < 4.78 is 53.4. The minimum atomic E-state index is -4.26. The summed E-state index contributed by atoms with van der Waals surface area (Å²) in [4.78, 5) is 15.8. The number of amides is 1. The summed E-state index contributed by atoms with van der Waals surface area (Å²) in [5.74, 6) is -4.93. The van der Waals surface area contributed by atoms with Gasteiger partial charge in [0, 0.05) is 6.20 Å². The topological polar surface area (TPSA) is 51.2 Å². The zero-order chi connectivity index (χ0) is 16.8. The van der Waals surface area contributed by atoms with Crippen LogP contribution >= 0.6 is 0 Å². The second-order valence-corrected chi connectivity index (χ2v) is 4.84. The molecule has 1 aromatic rings. The molecular formula is C14H18F4N2O2. The van der Waals surface area contributed by atoms with Crippen LogP contribution in [0.4, 0.5) is 17.6 Å². The van der Waals surface area contributed by atoms with Gasteiger partial charge in [0.2, 0.25) is 5.91 Å². The zero-order valence-corrected chi connectivity index (χ0v) is 12.3. The van der Waals surface area contributed by atoms with Gasteiger partial charge >= 0.3 is 12.3 Å². The highest BCUT2D eigenvalue weighted by atomic mass is 19.3. The van der Waals surface area contributed by atoms with Gasteiger partial charge in [-0.1, -0.05) is 6.92 Å². The van der Waals surface area contributed by atoms with Crippen molar-refractivity contribution < 1.29 is 27.1 Å². The largest absolute Gasteiger partial charge is 0.365 e. The molecule has 0 saturated carbocycles. The molecule has 8 heteroatoms. The van der Waals surface area contributed by atoms with Crippen molar-refractivity contribution in [1.29, 1.82) is 0 Å². The number of rotatable bonds is 8. The van der Waals surface area contributed by atoms with Crippen LogP contribution in [0.25, 0.3) is 0 Å². The Balaban J connectivity index is 2.49. The van der Waals surface area contributed by atoms with Crippen LogP contribution in [-0.2, 0) is 9.53 Å². The van der Waals surface area contributed by atoms with Gasteiger partial charge in [-0.05, 0) is 31.0 Å². The van der Waals surface area contributed by atoms with Crippen molar-refractivity contribution in [2.24, 2.45) is 0 Å². The molecule has 0 unspecified atom stereocenters. The molecule has 0 aromatic carbocycles. The molecule has 0 saturated heterocycles. The highest BCUT2D eigenvalue weighted by Crippen LogP contribution is 2.22. The molecule has 1 aromatic heterocycles. The molecule has 0 aliphatic heterocycles. The van der Waals surface area contributed by atoms with E-state index < -0.39 is 37.5 Å². The van der Waals surface area contributed by atoms with E-state index in [2.05, 4.69) is 15.0 Å². The number of nitrogens with zero attached hydrogens (tertiary/aromatic N) is 1. The second kappa shape index (κ2) is 8.07. The molecule has 124 valence electrons. The zero-order valence-electron chi connectivity index (χ0n) is 12.3. The number of hydrogen-bond acceptors (Lipinski definition) is 3. The van der Waals surface area contributed by atoms with Gasteiger partial charge in [-0.3, -0.25) is 9.78 Å². The number of aromatic nitrogens is 1. The number of hydrogen-bond donors (Lipinski definition) is 1. The van der Waals surface area contributed by atoms with Gasteiger partial charge in [-0.15, -0.1) is 0 Å². The van der Waals surface area contributed by atoms with E-state index >= 15 is 0 Å². The van der Waals surface area contributed by atoms with Crippen molar-refractivity contribution in [3.05, 3.63) is 29.6 Å². The normalized spacial score (nSPS) is 13.2. The molecule has 0 aliphatic carbocycles. The maximum absolute atomic E-state index is 12.6. The molecule has 1 heterocycles. The van der Waals surface area contributed by atoms with Crippen LogP contribution in [0.1, 0.15) is 30.6 Å². The minimum Gasteiger partial charge on any atom is -0.365 e. The fraction of sp³-hybridized carbons (Fsp3) is 0.571. The van der Waals surface area contributed by atoms with Crippen LogP contribution in [0.3, 0.4) is 0 Å². The van der Waals surface area contributed by atoms with Crippen molar-refractivity contribution in [1.82, 2.24) is 10.3 Å². The van der Waals surface area contributed by atoms with E-state index in [0.717, 1.165) is 5.56 Å². The minimum absolute atomic E-state index is 0.397. The van der Waals surface area contributed by atoms with E-state index in [-0.39, 0.29) is 0 Å². The van der Waals surface area contributed by atoms with Gasteiger partial charge in [-0.2, -0.15) is 8.78 Å². The van der Waals surface area contributed by atoms with E-state index in [9.17, 15) is 22.4 Å². The third kappa shape index (κ3) is 5.59. The summed E-state index contributed by atoms with van der Waals surface area (Å²) >= 11 is 0. The summed E-state index contributed by atoms with van der Waals surface area (Å²) in [6, 6.07) is 3.19. The lowest BCUT2D eigenvalue weighted by atomic mass is 10.1. The number of nitrogens with one attached hydrogen (secondary N) is 1. The average Bonchev–Trinajstić information content (AvgIpc) is 2.44. The van der Waals surface area contributed by atoms with Crippen molar-refractivity contribution >= 4 is 5.91 Å². The standard InChI is InChI=1S/C14H18F4N2O2/c1-3-10(11-6-9(2)4-5-19-11)20-12(21)7-22-8-14(17,18)13(15)16/h4-6,10,13H,3,7-8H2,1-2H3,(H,20,21)/t10-/m0/s1. The van der Waals surface area contributed by atoms with Crippen molar-refractivity contribution in [3.8, 4) is 0 Å². The fourth-order valence-corrected chi connectivity index (χ4v) is 1.71. The van der Waals surface area contributed by atoms with Crippen molar-refractivity contribution in [2.45, 2.75) is 38.7 Å². The summed E-state index contributed by atoms with van der Waals surface area (Å²) in [5.41, 5.74) is 1.60. The highest BCUT2D eigenvalue weighted by molar-refractivity contribution is 5.77. The number of pyridine rings is 1. The van der Waals surface area contributed by atoms with E-state index in [1.165, 1.54) is 0 Å². The second-order valence-electron chi connectivity index (χ2n) is 4.84. The van der Waals surface area contributed by atoms with Gasteiger partial charge in [0.1, 0.15) is 13.2 Å². The Hall–Kier alpha value is -1.70. The predicted molar refractivity (Wildman–Crippen MR) is 71.9 cm³/mol. The molecule has 0 aliphatic rings. The lowest BCUT2D eigenvalue weighted by Gasteiger charge is -2.18. The SMILES string of the molecule is CC[C@H](NC(=O)COCC(F)(F)C(F)F)c1cc(C)ccn1. The van der Waals surface area contributed by atoms with Crippen LogP contribution in [0.15, 0.2) is 18.3 Å². The van der Waals surface area contributed by atoms with Gasteiger partial charge in [0.15, 0.2) is 0 Å². The Morgan fingerprint density at radius 1 is 1.45 bits per heavy atom. The first-order valence-corrected chi connectivity index (χ1v) is 6.72. The number of alkyl halides is 4. The number of carbonyl (C=O) groups excluding carboxylic acids is 1. The van der Waals surface area contributed by atoms with E-state index in [1.807, 2.05) is 13.8 Å². The smallest absolute Gasteiger partial charge is 0.330 e. The third-order valence-corrected chi connectivity index (χ3v) is 2.88. The number of ether oxygens (including phenoxy) is 1. The number of aryl methyl sites for hydroxylation is 1. The number of carbonyl (C=O) groups is 1. The van der Waals surface area contributed by atoms with Crippen LogP contribution in [0, 0.1) is 6.92 Å². The molecule has 0 bridgehead atoms. The first-order valence-electron chi connectivity index (χ1n) is 6.72. The maximum atomic E-state index is 12.6. The van der Waals surface area contributed by atoms with Crippen molar-refractivity contribution in [2.75, 3.05) is 13.2 Å². The molecule has 1 N–H and O–H groups in total. The van der Waals surface area contributed by atoms with Gasteiger partial charge in [0.25, 0.3) is 0 Å². The molecule has 0 radical (unpaired) electrons. The van der Waals surface area contributed by atoms with Gasteiger partial charge in [-0.25, -0.2) is 8.78 Å². The van der Waals surface area contributed by atoms with Crippen LogP contribution in [0.5, 0.6) is 0 Å². The summed E-state index contributed by atoms with van der Waals surface area (Å²) in [6.45, 7) is 1.47. The Labute approximate surface area is 125 Å². The molecule has 0 spiro atoms. The van der Waals surface area contributed by atoms with Crippen LogP contribution < -0.4 is 5.32 Å². The van der Waals surface area contributed by atoms with E-state index in [0.29, 0.717) is 12.1 Å². The van der Waals surface area contributed by atoms with Crippen molar-refractivity contribution in [3.63, 3.8) is 0 Å². The molecule has 22 heavy (non-hydrogen) atoms.